The van der Waals surface area contributed by atoms with Gasteiger partial charge in [0.1, 0.15) is 17.1 Å². The molecule has 7 heteroatoms. The number of aromatic nitrogens is 2. The molecule has 116 valence electrons. The molecule has 1 aliphatic heterocycles. The zero-order chi connectivity index (χ0) is 15.5. The predicted octanol–water partition coefficient (Wildman–Crippen LogP) is 1.79. The first-order valence-corrected chi connectivity index (χ1v) is 7.29. The number of hydrogen-bond acceptors (Lipinski definition) is 5. The molecule has 1 amide bonds. The summed E-state index contributed by atoms with van der Waals surface area (Å²) in [6, 6.07) is 0. The van der Waals surface area contributed by atoms with Crippen LogP contribution < -0.4 is 5.32 Å². The lowest BCUT2D eigenvalue weighted by Crippen LogP contribution is -2.45. The number of halogens is 1. The first-order valence-electron chi connectivity index (χ1n) is 6.91. The van der Waals surface area contributed by atoms with Crippen molar-refractivity contribution in [3.05, 3.63) is 22.7 Å². The van der Waals surface area contributed by atoms with Crippen molar-refractivity contribution in [1.82, 2.24) is 15.3 Å². The summed E-state index contributed by atoms with van der Waals surface area (Å²) in [4.78, 5) is 20.6. The van der Waals surface area contributed by atoms with E-state index in [2.05, 4.69) is 15.3 Å². The molecule has 1 saturated heterocycles. The van der Waals surface area contributed by atoms with Gasteiger partial charge in [-0.2, -0.15) is 0 Å². The van der Waals surface area contributed by atoms with Crippen LogP contribution in [0.5, 0.6) is 0 Å². The third-order valence-corrected chi connectivity index (χ3v) is 3.84. The fraction of sp³-hybridized carbons (Fsp3) is 0.643. The zero-order valence-electron chi connectivity index (χ0n) is 12.5. The van der Waals surface area contributed by atoms with E-state index in [4.69, 9.17) is 21.1 Å². The van der Waals surface area contributed by atoms with Gasteiger partial charge >= 0.3 is 0 Å². The number of rotatable bonds is 5. The van der Waals surface area contributed by atoms with Crippen LogP contribution in [0.4, 0.5) is 0 Å². The summed E-state index contributed by atoms with van der Waals surface area (Å²) >= 11 is 6.02. The Labute approximate surface area is 129 Å². The summed E-state index contributed by atoms with van der Waals surface area (Å²) in [5.41, 5.74) is -0.267. The van der Waals surface area contributed by atoms with Gasteiger partial charge in [-0.15, -0.1) is 0 Å². The van der Waals surface area contributed by atoms with Crippen molar-refractivity contribution in [3.63, 3.8) is 0 Å². The molecular weight excluding hydrogens is 294 g/mol. The molecule has 1 atom stereocenters. The van der Waals surface area contributed by atoms with E-state index in [0.717, 1.165) is 6.42 Å². The fourth-order valence-electron chi connectivity index (χ4n) is 2.10. The van der Waals surface area contributed by atoms with Gasteiger partial charge in [0.05, 0.1) is 17.8 Å². The highest BCUT2D eigenvalue weighted by molar-refractivity contribution is 6.33. The van der Waals surface area contributed by atoms with Gasteiger partial charge in [0, 0.05) is 32.6 Å². The molecule has 0 aliphatic carbocycles. The standard InChI is InChI=1S/C14H20ClN3O3/c1-9(2)12-16-6-10(15)11(18-12)13(19)17-7-14(20-3)4-5-21-8-14/h6,9H,4-5,7-8H2,1-3H3,(H,17,19). The van der Waals surface area contributed by atoms with Crippen LogP contribution in [0.25, 0.3) is 0 Å². The summed E-state index contributed by atoms with van der Waals surface area (Å²) < 4.78 is 10.8. The van der Waals surface area contributed by atoms with Gasteiger partial charge in [-0.1, -0.05) is 25.4 Å². The number of ether oxygens (including phenoxy) is 2. The highest BCUT2D eigenvalue weighted by Gasteiger charge is 2.35. The normalized spacial score (nSPS) is 21.8. The molecule has 1 aromatic rings. The van der Waals surface area contributed by atoms with Crippen LogP contribution in [0.3, 0.4) is 0 Å². The first kappa shape index (κ1) is 16.1. The number of hydrogen-bond donors (Lipinski definition) is 1. The van der Waals surface area contributed by atoms with Crippen LogP contribution in [0.15, 0.2) is 6.20 Å². The van der Waals surface area contributed by atoms with Crippen LogP contribution in [0, 0.1) is 0 Å². The van der Waals surface area contributed by atoms with E-state index in [1.165, 1.54) is 6.20 Å². The number of carbonyl (C=O) groups is 1. The Kier molecular flexibility index (Phi) is 5.13. The largest absolute Gasteiger partial charge is 0.378 e. The smallest absolute Gasteiger partial charge is 0.271 e. The summed E-state index contributed by atoms with van der Waals surface area (Å²) in [6.45, 7) is 5.38. The maximum Gasteiger partial charge on any atom is 0.271 e. The number of carbonyl (C=O) groups excluding carboxylic acids is 1. The van der Waals surface area contributed by atoms with Gasteiger partial charge in [-0.05, 0) is 0 Å². The Bertz CT molecular complexity index is 516. The third kappa shape index (κ3) is 3.70. The van der Waals surface area contributed by atoms with Crippen molar-refractivity contribution in [3.8, 4) is 0 Å². The molecule has 1 unspecified atom stereocenters. The van der Waals surface area contributed by atoms with Crippen LogP contribution in [0.2, 0.25) is 5.02 Å². The lowest BCUT2D eigenvalue weighted by molar-refractivity contribution is -0.0149. The van der Waals surface area contributed by atoms with E-state index < -0.39 is 5.60 Å². The van der Waals surface area contributed by atoms with Crippen molar-refractivity contribution in [2.45, 2.75) is 31.8 Å². The van der Waals surface area contributed by atoms with Crippen molar-refractivity contribution in [2.75, 3.05) is 26.9 Å². The Morgan fingerprint density at radius 1 is 1.62 bits per heavy atom. The van der Waals surface area contributed by atoms with E-state index in [1.807, 2.05) is 13.8 Å². The van der Waals surface area contributed by atoms with E-state index in [-0.39, 0.29) is 22.5 Å². The molecule has 0 radical (unpaired) electrons. The third-order valence-electron chi connectivity index (χ3n) is 3.57. The van der Waals surface area contributed by atoms with E-state index in [9.17, 15) is 4.79 Å². The average molecular weight is 314 g/mol. The van der Waals surface area contributed by atoms with Crippen molar-refractivity contribution >= 4 is 17.5 Å². The second-order valence-electron chi connectivity index (χ2n) is 5.45. The van der Waals surface area contributed by atoms with Crippen LogP contribution in [-0.4, -0.2) is 48.3 Å². The molecule has 1 N–H and O–H groups in total. The van der Waals surface area contributed by atoms with Gasteiger partial charge in [0.25, 0.3) is 5.91 Å². The Balaban J connectivity index is 2.08. The van der Waals surface area contributed by atoms with Crippen LogP contribution in [0.1, 0.15) is 42.5 Å². The molecule has 0 spiro atoms. The van der Waals surface area contributed by atoms with Gasteiger partial charge in [0.15, 0.2) is 0 Å². The maximum absolute atomic E-state index is 12.3. The van der Waals surface area contributed by atoms with Gasteiger partial charge in [0.2, 0.25) is 0 Å². The number of amides is 1. The zero-order valence-corrected chi connectivity index (χ0v) is 13.2. The topological polar surface area (TPSA) is 73.3 Å². The number of nitrogens with zero attached hydrogens (tertiary/aromatic N) is 2. The molecule has 1 aromatic heterocycles. The minimum absolute atomic E-state index is 0.127. The second-order valence-corrected chi connectivity index (χ2v) is 5.86. The van der Waals surface area contributed by atoms with Crippen molar-refractivity contribution < 1.29 is 14.3 Å². The lowest BCUT2D eigenvalue weighted by atomic mass is 10.0. The minimum Gasteiger partial charge on any atom is -0.378 e. The van der Waals surface area contributed by atoms with Crippen molar-refractivity contribution in [1.29, 1.82) is 0 Å². The van der Waals surface area contributed by atoms with Gasteiger partial charge < -0.3 is 14.8 Å². The second kappa shape index (κ2) is 6.68. The molecule has 2 rings (SSSR count). The summed E-state index contributed by atoms with van der Waals surface area (Å²) in [5, 5.41) is 3.06. The van der Waals surface area contributed by atoms with Crippen molar-refractivity contribution in [2.24, 2.45) is 0 Å². The monoisotopic (exact) mass is 313 g/mol. The summed E-state index contributed by atoms with van der Waals surface area (Å²) in [7, 11) is 1.62. The summed E-state index contributed by atoms with van der Waals surface area (Å²) in [5.74, 6) is 0.394. The molecule has 0 saturated carbocycles. The molecule has 2 heterocycles. The molecule has 1 aliphatic rings. The average Bonchev–Trinajstić information content (AvgIpc) is 2.94. The fourth-order valence-corrected chi connectivity index (χ4v) is 2.28. The molecular formula is C14H20ClN3O3. The van der Waals surface area contributed by atoms with E-state index >= 15 is 0 Å². The number of methoxy groups -OCH3 is 1. The van der Waals surface area contributed by atoms with E-state index in [0.29, 0.717) is 25.6 Å². The van der Waals surface area contributed by atoms with E-state index in [1.54, 1.807) is 7.11 Å². The number of nitrogens with one attached hydrogen (secondary N) is 1. The molecule has 0 aromatic carbocycles. The van der Waals surface area contributed by atoms with Gasteiger partial charge in [-0.25, -0.2) is 9.97 Å². The quantitative estimate of drug-likeness (QED) is 0.897. The first-order chi connectivity index (χ1) is 9.97. The lowest BCUT2D eigenvalue weighted by Gasteiger charge is -2.25. The Morgan fingerprint density at radius 3 is 2.95 bits per heavy atom. The van der Waals surface area contributed by atoms with Gasteiger partial charge in [-0.3, -0.25) is 4.79 Å². The SMILES string of the molecule is COC1(CNC(=O)c2nc(C(C)C)ncc2Cl)CCOC1. The highest BCUT2D eigenvalue weighted by Crippen LogP contribution is 2.22. The highest BCUT2D eigenvalue weighted by atomic mass is 35.5. The molecule has 6 nitrogen and oxygen atoms in total. The molecule has 1 fully saturated rings. The van der Waals surface area contributed by atoms with Crippen LogP contribution >= 0.6 is 11.6 Å². The Morgan fingerprint density at radius 2 is 2.38 bits per heavy atom. The summed E-state index contributed by atoms with van der Waals surface area (Å²) in [6.07, 6.45) is 2.21. The minimum atomic E-state index is -0.462. The molecule has 0 bridgehead atoms. The molecule has 21 heavy (non-hydrogen) atoms. The Hall–Kier alpha value is -1.24. The van der Waals surface area contributed by atoms with Crippen LogP contribution in [-0.2, 0) is 9.47 Å². The maximum atomic E-state index is 12.3. The predicted molar refractivity (Wildman–Crippen MR) is 78.6 cm³/mol.